The van der Waals surface area contributed by atoms with Crippen LogP contribution in [0.3, 0.4) is 0 Å². The minimum atomic E-state index is -0.538. The number of benzene rings is 3. The van der Waals surface area contributed by atoms with Crippen molar-refractivity contribution in [2.75, 3.05) is 25.5 Å². The Bertz CT molecular complexity index is 1560. The third-order valence-electron chi connectivity index (χ3n) is 6.35. The number of rotatable bonds is 7. The first kappa shape index (κ1) is 26.9. The van der Waals surface area contributed by atoms with Crippen molar-refractivity contribution in [3.63, 3.8) is 0 Å². The number of nitrogens with one attached hydrogen (secondary N) is 1. The van der Waals surface area contributed by atoms with Crippen molar-refractivity contribution >= 4 is 45.8 Å². The maximum Gasteiger partial charge on any atom is 0.415 e. The van der Waals surface area contributed by atoms with Crippen molar-refractivity contribution in [3.8, 4) is 17.2 Å². The number of nitro benzene ring substituents is 1. The van der Waals surface area contributed by atoms with E-state index in [1.807, 2.05) is 0 Å². The molecule has 0 saturated carbocycles. The summed E-state index contributed by atoms with van der Waals surface area (Å²) in [6.45, 7) is 0.793. The monoisotopic (exact) mass is 567 g/mol. The molecule has 2 heterocycles. The smallest absolute Gasteiger partial charge is 0.415 e. The van der Waals surface area contributed by atoms with Crippen molar-refractivity contribution < 1.29 is 28.3 Å². The minimum absolute atomic E-state index is 0.0166. The van der Waals surface area contributed by atoms with Gasteiger partial charge in [-0.25, -0.2) is 19.2 Å². The molecule has 3 aromatic carbocycles. The van der Waals surface area contributed by atoms with Crippen LogP contribution in [0.2, 0.25) is 5.02 Å². The van der Waals surface area contributed by atoms with E-state index in [0.29, 0.717) is 59.8 Å². The van der Waals surface area contributed by atoms with E-state index in [0.717, 1.165) is 0 Å². The number of nitrogens with zero attached hydrogens (tertiary/aromatic N) is 4. The molecule has 4 aromatic rings. The summed E-state index contributed by atoms with van der Waals surface area (Å²) in [4.78, 5) is 33.1. The lowest BCUT2D eigenvalue weighted by atomic mass is 10.1. The van der Waals surface area contributed by atoms with E-state index in [9.17, 15) is 19.3 Å². The highest BCUT2D eigenvalue weighted by Gasteiger charge is 2.26. The molecule has 0 atom stereocenters. The number of ether oxygens (including phenoxy) is 3. The quantitative estimate of drug-likeness (QED) is 0.207. The van der Waals surface area contributed by atoms with Gasteiger partial charge in [-0.3, -0.25) is 10.1 Å². The van der Waals surface area contributed by atoms with Crippen molar-refractivity contribution in [2.24, 2.45) is 0 Å². The maximum atomic E-state index is 13.6. The number of halogens is 2. The van der Waals surface area contributed by atoms with Crippen LogP contribution in [0.1, 0.15) is 12.8 Å². The molecule has 11 nitrogen and oxygen atoms in total. The molecule has 0 radical (unpaired) electrons. The van der Waals surface area contributed by atoms with Crippen LogP contribution < -0.4 is 19.5 Å². The molecule has 1 aliphatic rings. The lowest BCUT2D eigenvalue weighted by Gasteiger charge is -2.31. The van der Waals surface area contributed by atoms with E-state index in [1.165, 1.54) is 49.8 Å². The molecule has 13 heteroatoms. The number of hydrogen-bond donors (Lipinski definition) is 1. The zero-order valence-electron chi connectivity index (χ0n) is 21.2. The Morgan fingerprint density at radius 1 is 1.10 bits per heavy atom. The van der Waals surface area contributed by atoms with E-state index in [-0.39, 0.29) is 22.6 Å². The van der Waals surface area contributed by atoms with Crippen molar-refractivity contribution in [1.29, 1.82) is 0 Å². The minimum Gasteiger partial charge on any atom is -0.493 e. The number of methoxy groups -OCH3 is 1. The van der Waals surface area contributed by atoms with Gasteiger partial charge in [0.25, 0.3) is 5.69 Å². The molecule has 5 rings (SSSR count). The molecule has 1 saturated heterocycles. The molecule has 40 heavy (non-hydrogen) atoms. The van der Waals surface area contributed by atoms with E-state index < -0.39 is 16.8 Å². The summed E-state index contributed by atoms with van der Waals surface area (Å²) < 4.78 is 30.8. The highest BCUT2D eigenvalue weighted by molar-refractivity contribution is 6.31. The van der Waals surface area contributed by atoms with Gasteiger partial charge in [-0.05, 0) is 36.4 Å². The average molecular weight is 568 g/mol. The molecule has 0 bridgehead atoms. The van der Waals surface area contributed by atoms with Gasteiger partial charge in [0.15, 0.2) is 11.5 Å². The number of carbonyl (C=O) groups is 1. The first-order valence-corrected chi connectivity index (χ1v) is 12.6. The molecule has 0 aliphatic carbocycles. The lowest BCUT2D eigenvalue weighted by molar-refractivity contribution is -0.384. The van der Waals surface area contributed by atoms with Crippen LogP contribution in [0.15, 0.2) is 60.9 Å². The Balaban J connectivity index is 1.26. The average Bonchev–Trinajstić information content (AvgIpc) is 2.95. The number of hydrogen-bond acceptors (Lipinski definition) is 9. The van der Waals surface area contributed by atoms with Crippen molar-refractivity contribution in [2.45, 2.75) is 18.9 Å². The summed E-state index contributed by atoms with van der Waals surface area (Å²) in [5, 5.41) is 14.6. The number of amides is 1. The fourth-order valence-electron chi connectivity index (χ4n) is 4.26. The fraction of sp³-hybridized carbons (Fsp3) is 0.222. The summed E-state index contributed by atoms with van der Waals surface area (Å²) >= 11 is 5.92. The zero-order valence-corrected chi connectivity index (χ0v) is 21.9. The van der Waals surface area contributed by atoms with Crippen LogP contribution in [0.25, 0.3) is 10.9 Å². The predicted molar refractivity (Wildman–Crippen MR) is 145 cm³/mol. The Kier molecular flexibility index (Phi) is 7.78. The maximum absolute atomic E-state index is 13.6. The number of nitro groups is 1. The first-order chi connectivity index (χ1) is 19.3. The van der Waals surface area contributed by atoms with Crippen LogP contribution in [0, 0.1) is 15.9 Å². The predicted octanol–water partition coefficient (Wildman–Crippen LogP) is 6.12. The molecule has 1 fully saturated rings. The summed E-state index contributed by atoms with van der Waals surface area (Å²) in [5.41, 5.74) is 1.08. The third kappa shape index (κ3) is 5.96. The zero-order chi connectivity index (χ0) is 28.2. The summed E-state index contributed by atoms with van der Waals surface area (Å²) in [7, 11) is 1.53. The normalized spacial score (nSPS) is 13.6. The number of aromatic nitrogens is 2. The topological polar surface area (TPSA) is 129 Å². The second kappa shape index (κ2) is 11.6. The Labute approximate surface area is 232 Å². The van der Waals surface area contributed by atoms with E-state index in [1.54, 1.807) is 23.1 Å². The SMILES string of the molecule is COc1cc2ncnc(Nc3ccc(F)c(Cl)c3)c2cc1OC1CCN(C(=O)Oc2ccc([N+](=O)[O-])cc2)CC1. The van der Waals surface area contributed by atoms with Gasteiger partial charge in [-0.15, -0.1) is 0 Å². The van der Waals surface area contributed by atoms with Gasteiger partial charge >= 0.3 is 6.09 Å². The van der Waals surface area contributed by atoms with Gasteiger partial charge in [0.1, 0.15) is 29.8 Å². The second-order valence-electron chi connectivity index (χ2n) is 8.92. The number of fused-ring (bicyclic) bond motifs is 1. The van der Waals surface area contributed by atoms with Crippen LogP contribution in [-0.4, -0.2) is 52.2 Å². The Morgan fingerprint density at radius 2 is 1.85 bits per heavy atom. The van der Waals surface area contributed by atoms with E-state index in [2.05, 4.69) is 15.3 Å². The van der Waals surface area contributed by atoms with Crippen LogP contribution in [0.5, 0.6) is 17.2 Å². The Hall–Kier alpha value is -4.71. The number of carbonyl (C=O) groups excluding carboxylic acids is 1. The number of non-ortho nitro benzene ring substituents is 1. The standard InChI is InChI=1S/C27H23ClFN5O6/c1-38-24-14-23-20(26(31-15-30-23)32-16-2-7-22(29)21(28)12-16)13-25(24)39-19-8-10-33(11-9-19)27(35)40-18-5-3-17(4-6-18)34(36)37/h2-7,12-15,19H,8-11H2,1H3,(H,30,31,32). The lowest BCUT2D eigenvalue weighted by Crippen LogP contribution is -2.43. The highest BCUT2D eigenvalue weighted by atomic mass is 35.5. The summed E-state index contributed by atoms with van der Waals surface area (Å²) in [6.07, 6.45) is 1.75. The summed E-state index contributed by atoms with van der Waals surface area (Å²) in [6, 6.07) is 13.1. The number of likely N-dealkylation sites (tertiary alicyclic amines) is 1. The molecule has 1 N–H and O–H groups in total. The molecule has 0 unspecified atom stereocenters. The van der Waals surface area contributed by atoms with Crippen molar-refractivity contribution in [1.82, 2.24) is 14.9 Å². The first-order valence-electron chi connectivity index (χ1n) is 12.2. The van der Waals surface area contributed by atoms with Gasteiger partial charge in [-0.2, -0.15) is 0 Å². The molecular formula is C27H23ClFN5O6. The van der Waals surface area contributed by atoms with Gasteiger partial charge in [-0.1, -0.05) is 11.6 Å². The van der Waals surface area contributed by atoms with Gasteiger partial charge < -0.3 is 24.4 Å². The molecular weight excluding hydrogens is 545 g/mol. The molecule has 0 spiro atoms. The molecule has 1 aromatic heterocycles. The van der Waals surface area contributed by atoms with Crippen LogP contribution in [0.4, 0.5) is 26.4 Å². The summed E-state index contributed by atoms with van der Waals surface area (Å²) in [5.74, 6) is 1.15. The van der Waals surface area contributed by atoms with Crippen LogP contribution in [-0.2, 0) is 0 Å². The van der Waals surface area contributed by atoms with E-state index >= 15 is 0 Å². The second-order valence-corrected chi connectivity index (χ2v) is 9.33. The van der Waals surface area contributed by atoms with Gasteiger partial charge in [0, 0.05) is 55.2 Å². The van der Waals surface area contributed by atoms with Crippen molar-refractivity contribution in [3.05, 3.63) is 81.9 Å². The Morgan fingerprint density at radius 3 is 2.52 bits per heavy atom. The fourth-order valence-corrected chi connectivity index (χ4v) is 4.44. The number of anilines is 2. The van der Waals surface area contributed by atoms with Gasteiger partial charge in [0.05, 0.1) is 22.6 Å². The van der Waals surface area contributed by atoms with Crippen LogP contribution >= 0.6 is 11.6 Å². The van der Waals surface area contributed by atoms with Gasteiger partial charge in [0.2, 0.25) is 0 Å². The third-order valence-corrected chi connectivity index (χ3v) is 6.64. The van der Waals surface area contributed by atoms with E-state index in [4.69, 9.17) is 25.8 Å². The molecule has 206 valence electrons. The number of piperidine rings is 1. The largest absolute Gasteiger partial charge is 0.493 e. The molecule has 1 amide bonds. The highest BCUT2D eigenvalue weighted by Crippen LogP contribution is 2.36. The molecule has 1 aliphatic heterocycles.